The lowest BCUT2D eigenvalue weighted by molar-refractivity contribution is -0.140. The highest BCUT2D eigenvalue weighted by Crippen LogP contribution is 2.07. The molecule has 0 fully saturated rings. The van der Waals surface area contributed by atoms with Crippen molar-refractivity contribution < 1.29 is 23.5 Å². The minimum atomic E-state index is -2.82. The number of halogens is 2. The van der Waals surface area contributed by atoms with Gasteiger partial charge in [-0.1, -0.05) is 30.3 Å². The molecule has 0 aliphatic rings. The Morgan fingerprint density at radius 2 is 1.96 bits per heavy atom. The van der Waals surface area contributed by atoms with Crippen molar-refractivity contribution >= 4 is 11.9 Å². The van der Waals surface area contributed by atoms with Crippen molar-refractivity contribution in [3.63, 3.8) is 0 Å². The van der Waals surface area contributed by atoms with E-state index in [9.17, 15) is 18.4 Å². The maximum Gasteiger partial charge on any atom is 0.326 e. The molecule has 0 saturated carbocycles. The first-order valence-corrected chi connectivity index (χ1v) is 6.84. The number of nitrogens with zero attached hydrogens (tertiary/aromatic N) is 2. The van der Waals surface area contributed by atoms with E-state index in [2.05, 4.69) is 10.4 Å². The van der Waals surface area contributed by atoms with Crippen LogP contribution in [0.4, 0.5) is 8.78 Å². The van der Waals surface area contributed by atoms with Gasteiger partial charge in [0, 0.05) is 12.6 Å². The van der Waals surface area contributed by atoms with Crippen LogP contribution < -0.4 is 5.32 Å². The Balaban J connectivity index is 2.01. The quantitative estimate of drug-likeness (QED) is 0.813. The number of benzene rings is 1. The number of rotatable bonds is 7. The van der Waals surface area contributed by atoms with E-state index < -0.39 is 30.8 Å². The van der Waals surface area contributed by atoms with Crippen LogP contribution in [0.25, 0.3) is 0 Å². The first kappa shape index (κ1) is 16.6. The van der Waals surface area contributed by atoms with Crippen LogP contribution in [0.1, 0.15) is 22.3 Å². The topological polar surface area (TPSA) is 84.2 Å². The summed E-state index contributed by atoms with van der Waals surface area (Å²) in [7, 11) is 0. The van der Waals surface area contributed by atoms with Gasteiger partial charge in [0.2, 0.25) is 6.43 Å². The zero-order valence-corrected chi connectivity index (χ0v) is 12.0. The lowest BCUT2D eigenvalue weighted by Gasteiger charge is -2.13. The van der Waals surface area contributed by atoms with E-state index in [1.54, 1.807) is 0 Å². The molecule has 6 nitrogen and oxygen atoms in total. The van der Waals surface area contributed by atoms with Crippen LogP contribution in [0.15, 0.2) is 42.7 Å². The van der Waals surface area contributed by atoms with Gasteiger partial charge in [-0.25, -0.2) is 13.6 Å². The molecule has 1 atom stereocenters. The molecule has 2 N–H and O–H groups in total. The van der Waals surface area contributed by atoms with E-state index in [-0.39, 0.29) is 5.56 Å². The number of hydrogen-bond acceptors (Lipinski definition) is 3. The Morgan fingerprint density at radius 1 is 1.26 bits per heavy atom. The Hall–Kier alpha value is -2.77. The molecule has 2 aromatic rings. The number of nitrogens with one attached hydrogen (secondary N) is 1. The lowest BCUT2D eigenvalue weighted by Crippen LogP contribution is -2.41. The number of carbonyl (C=O) groups is 2. The van der Waals surface area contributed by atoms with E-state index in [0.717, 1.165) is 5.56 Å². The van der Waals surface area contributed by atoms with Gasteiger partial charge in [-0.3, -0.25) is 9.48 Å². The summed E-state index contributed by atoms with van der Waals surface area (Å²) in [6.45, 7) is 0.438. The minimum Gasteiger partial charge on any atom is -0.480 e. The van der Waals surface area contributed by atoms with Crippen LogP contribution in [0.5, 0.6) is 0 Å². The summed E-state index contributed by atoms with van der Waals surface area (Å²) in [5.41, 5.74) is 1.09. The average Bonchev–Trinajstić information content (AvgIpc) is 2.95. The predicted molar refractivity (Wildman–Crippen MR) is 77.3 cm³/mol. The average molecular weight is 323 g/mol. The van der Waals surface area contributed by atoms with Crippen molar-refractivity contribution in [3.05, 3.63) is 53.9 Å². The Labute approximate surface area is 130 Å². The van der Waals surface area contributed by atoms with Crippen LogP contribution in [0.2, 0.25) is 0 Å². The Bertz CT molecular complexity index is 674. The Morgan fingerprint density at radius 3 is 2.57 bits per heavy atom. The van der Waals surface area contributed by atoms with Crippen LogP contribution in [0.3, 0.4) is 0 Å². The van der Waals surface area contributed by atoms with Crippen molar-refractivity contribution in [1.82, 2.24) is 15.1 Å². The number of alkyl halides is 2. The highest BCUT2D eigenvalue weighted by molar-refractivity contribution is 5.96. The first-order valence-electron chi connectivity index (χ1n) is 6.84. The molecule has 0 spiro atoms. The first-order chi connectivity index (χ1) is 11.0. The molecule has 8 heteroatoms. The molecule has 0 saturated heterocycles. The monoisotopic (exact) mass is 323 g/mol. The number of carbonyl (C=O) groups excluding carboxylic acids is 1. The fourth-order valence-corrected chi connectivity index (χ4v) is 1.98. The second-order valence-electron chi connectivity index (χ2n) is 4.90. The largest absolute Gasteiger partial charge is 0.480 e. The van der Waals surface area contributed by atoms with Crippen LogP contribution in [-0.2, 0) is 11.3 Å². The Kier molecular flexibility index (Phi) is 5.40. The summed E-state index contributed by atoms with van der Waals surface area (Å²) in [5, 5.41) is 14.9. The van der Waals surface area contributed by atoms with Crippen molar-refractivity contribution in [1.29, 1.82) is 0 Å². The van der Waals surface area contributed by atoms with Crippen molar-refractivity contribution in [3.8, 4) is 0 Å². The molecule has 0 radical (unpaired) electrons. The maximum atomic E-state index is 12.3. The van der Waals surface area contributed by atoms with E-state index in [4.69, 9.17) is 5.11 Å². The van der Waals surface area contributed by atoms with E-state index >= 15 is 0 Å². The van der Waals surface area contributed by atoms with Gasteiger partial charge in [0.25, 0.3) is 5.91 Å². The lowest BCUT2D eigenvalue weighted by atomic mass is 10.2. The van der Waals surface area contributed by atoms with E-state index in [1.807, 2.05) is 30.3 Å². The summed E-state index contributed by atoms with van der Waals surface area (Å²) in [4.78, 5) is 22.8. The number of hydrogen-bond donors (Lipinski definition) is 2. The zero-order valence-electron chi connectivity index (χ0n) is 12.0. The summed E-state index contributed by atoms with van der Waals surface area (Å²) in [6, 6.07) is 7.76. The standard InChI is InChI=1S/C15H15F2N3O3/c16-13(17)6-12(15(22)23)19-14(21)11-7-18-20(9-11)8-10-4-2-1-3-5-10/h1-5,7,9,12-13H,6,8H2,(H,19,21)(H,22,23). The van der Waals surface area contributed by atoms with Crippen molar-refractivity contribution in [2.45, 2.75) is 25.4 Å². The highest BCUT2D eigenvalue weighted by Gasteiger charge is 2.25. The smallest absolute Gasteiger partial charge is 0.326 e. The van der Waals surface area contributed by atoms with Crippen LogP contribution in [-0.4, -0.2) is 39.2 Å². The van der Waals surface area contributed by atoms with E-state index in [0.29, 0.717) is 6.54 Å². The van der Waals surface area contributed by atoms with Crippen molar-refractivity contribution in [2.24, 2.45) is 0 Å². The maximum absolute atomic E-state index is 12.3. The molecule has 1 unspecified atom stereocenters. The number of amides is 1. The summed E-state index contributed by atoms with van der Waals surface area (Å²) < 4.78 is 26.1. The SMILES string of the molecule is O=C(NC(CC(F)F)C(=O)O)c1cnn(Cc2ccccc2)c1. The van der Waals surface area contributed by atoms with Gasteiger partial charge in [0.1, 0.15) is 6.04 Å². The molecule has 0 bridgehead atoms. The summed E-state index contributed by atoms with van der Waals surface area (Å²) in [5.74, 6) is -2.26. The third-order valence-electron chi connectivity index (χ3n) is 3.10. The zero-order chi connectivity index (χ0) is 16.8. The molecule has 2 rings (SSSR count). The van der Waals surface area contributed by atoms with Gasteiger partial charge in [-0.2, -0.15) is 5.10 Å². The molecule has 1 heterocycles. The van der Waals surface area contributed by atoms with Gasteiger partial charge in [0.05, 0.1) is 18.3 Å². The molecule has 1 amide bonds. The number of carboxylic acid groups (broad SMARTS) is 1. The van der Waals surface area contributed by atoms with Gasteiger partial charge >= 0.3 is 5.97 Å². The van der Waals surface area contributed by atoms with Crippen LogP contribution in [0, 0.1) is 0 Å². The summed E-state index contributed by atoms with van der Waals surface area (Å²) in [6.07, 6.45) is -1.07. The minimum absolute atomic E-state index is 0.112. The predicted octanol–water partition coefficient (Wildman–Crippen LogP) is 1.77. The fourth-order valence-electron chi connectivity index (χ4n) is 1.98. The van der Waals surface area contributed by atoms with Gasteiger partial charge < -0.3 is 10.4 Å². The second kappa shape index (κ2) is 7.48. The number of carboxylic acids is 1. The molecule has 1 aromatic heterocycles. The number of aromatic nitrogens is 2. The second-order valence-corrected chi connectivity index (χ2v) is 4.90. The highest BCUT2D eigenvalue weighted by atomic mass is 19.3. The molecule has 122 valence electrons. The molecular formula is C15H15F2N3O3. The molecule has 0 aliphatic carbocycles. The third-order valence-corrected chi connectivity index (χ3v) is 3.10. The van der Waals surface area contributed by atoms with Gasteiger partial charge in [-0.15, -0.1) is 0 Å². The third kappa shape index (κ3) is 4.87. The normalized spacial score (nSPS) is 12.1. The van der Waals surface area contributed by atoms with E-state index in [1.165, 1.54) is 17.1 Å². The molecule has 0 aliphatic heterocycles. The van der Waals surface area contributed by atoms with Gasteiger partial charge in [0.15, 0.2) is 0 Å². The summed E-state index contributed by atoms with van der Waals surface area (Å²) >= 11 is 0. The molecular weight excluding hydrogens is 308 g/mol. The van der Waals surface area contributed by atoms with Gasteiger partial charge in [-0.05, 0) is 5.56 Å². The van der Waals surface area contributed by atoms with Crippen molar-refractivity contribution in [2.75, 3.05) is 0 Å². The molecule has 1 aromatic carbocycles. The van der Waals surface area contributed by atoms with Crippen LogP contribution >= 0.6 is 0 Å². The molecule has 23 heavy (non-hydrogen) atoms. The fraction of sp³-hybridized carbons (Fsp3) is 0.267. The number of aliphatic carboxylic acids is 1.